The fourth-order valence-electron chi connectivity index (χ4n) is 4.68. The Morgan fingerprint density at radius 1 is 1.00 bits per heavy atom. The summed E-state index contributed by atoms with van der Waals surface area (Å²) < 4.78 is 76.8. The molecule has 39 heavy (non-hydrogen) atoms. The van der Waals surface area contributed by atoms with Crippen LogP contribution < -0.4 is 10.6 Å². The first-order valence-corrected chi connectivity index (χ1v) is 14.4. The number of piperazine rings is 1. The lowest BCUT2D eigenvalue weighted by atomic mass is 10.1. The van der Waals surface area contributed by atoms with Crippen molar-refractivity contribution in [3.8, 4) is 0 Å². The Hall–Kier alpha value is -3.03. The standard InChI is InChI=1S/C26H30F4N4O4S/c1-39(37,38)34-14-12-33(13-15-34)25(36)22(32-24(35)18-2-6-19(7-3-18)26(28,29)30)10-11-31-23-16-21(23)17-4-8-20(27)9-5-17/h2-9,21-23,31H,10-16H2,1H3,(H,32,35)/t21-,22-,23+/m0/s1. The highest BCUT2D eigenvalue weighted by Crippen LogP contribution is 2.40. The number of carbonyl (C=O) groups excluding carboxylic acids is 2. The molecule has 0 unspecified atom stereocenters. The zero-order chi connectivity index (χ0) is 28.4. The quantitative estimate of drug-likeness (QED) is 0.452. The lowest BCUT2D eigenvalue weighted by molar-refractivity contribution is -0.137. The molecular formula is C26H30F4N4O4S. The van der Waals surface area contributed by atoms with E-state index in [9.17, 15) is 35.6 Å². The van der Waals surface area contributed by atoms with E-state index >= 15 is 0 Å². The second-order valence-electron chi connectivity index (χ2n) is 9.83. The minimum atomic E-state index is -4.54. The largest absolute Gasteiger partial charge is 0.416 e. The van der Waals surface area contributed by atoms with E-state index in [4.69, 9.17) is 0 Å². The first-order chi connectivity index (χ1) is 18.3. The molecule has 2 N–H and O–H groups in total. The summed E-state index contributed by atoms with van der Waals surface area (Å²) in [4.78, 5) is 27.7. The van der Waals surface area contributed by atoms with Crippen LogP contribution in [0, 0.1) is 5.82 Å². The van der Waals surface area contributed by atoms with Crippen LogP contribution in [0.1, 0.15) is 40.2 Å². The number of nitrogens with zero attached hydrogens (tertiary/aromatic N) is 2. The van der Waals surface area contributed by atoms with E-state index < -0.39 is 39.6 Å². The molecule has 0 radical (unpaired) electrons. The second-order valence-corrected chi connectivity index (χ2v) is 11.8. The van der Waals surface area contributed by atoms with Gasteiger partial charge in [-0.2, -0.15) is 17.5 Å². The van der Waals surface area contributed by atoms with Crippen molar-refractivity contribution in [1.29, 1.82) is 0 Å². The molecule has 2 fully saturated rings. The Balaban J connectivity index is 1.39. The van der Waals surface area contributed by atoms with Crippen LogP contribution in [0.5, 0.6) is 0 Å². The topological polar surface area (TPSA) is 98.8 Å². The Morgan fingerprint density at radius 3 is 2.18 bits per heavy atom. The van der Waals surface area contributed by atoms with Gasteiger partial charge in [-0.15, -0.1) is 0 Å². The summed E-state index contributed by atoms with van der Waals surface area (Å²) in [5.41, 5.74) is 0.0925. The van der Waals surface area contributed by atoms with Gasteiger partial charge in [-0.25, -0.2) is 12.8 Å². The van der Waals surface area contributed by atoms with Crippen molar-refractivity contribution in [2.24, 2.45) is 0 Å². The summed E-state index contributed by atoms with van der Waals surface area (Å²) in [7, 11) is -3.40. The van der Waals surface area contributed by atoms with Gasteiger partial charge < -0.3 is 15.5 Å². The fraction of sp³-hybridized carbons (Fsp3) is 0.462. The van der Waals surface area contributed by atoms with E-state index in [0.29, 0.717) is 6.54 Å². The van der Waals surface area contributed by atoms with Crippen molar-refractivity contribution < 1.29 is 35.6 Å². The van der Waals surface area contributed by atoms with Gasteiger partial charge in [0.25, 0.3) is 5.91 Å². The smallest absolute Gasteiger partial charge is 0.340 e. The van der Waals surface area contributed by atoms with E-state index in [1.54, 1.807) is 12.1 Å². The number of alkyl halides is 3. The summed E-state index contributed by atoms with van der Waals surface area (Å²) in [6.45, 7) is 0.936. The number of rotatable bonds is 9. The third kappa shape index (κ3) is 7.55. The number of hydrogen-bond donors (Lipinski definition) is 2. The molecule has 0 spiro atoms. The highest BCUT2D eigenvalue weighted by Gasteiger charge is 2.38. The molecule has 2 aromatic carbocycles. The van der Waals surface area contributed by atoms with Crippen LogP contribution in [0.25, 0.3) is 0 Å². The molecule has 8 nitrogen and oxygen atoms in total. The lowest BCUT2D eigenvalue weighted by Crippen LogP contribution is -2.56. The van der Waals surface area contributed by atoms with Crippen LogP contribution >= 0.6 is 0 Å². The average molecular weight is 571 g/mol. The Kier molecular flexibility index (Phi) is 8.62. The molecule has 3 atom stereocenters. The number of hydrogen-bond acceptors (Lipinski definition) is 5. The van der Waals surface area contributed by atoms with Gasteiger partial charge in [0.15, 0.2) is 0 Å². The van der Waals surface area contributed by atoms with E-state index in [0.717, 1.165) is 42.5 Å². The van der Waals surface area contributed by atoms with Crippen LogP contribution in [0.4, 0.5) is 17.6 Å². The minimum Gasteiger partial charge on any atom is -0.340 e. The zero-order valence-corrected chi connectivity index (χ0v) is 22.1. The van der Waals surface area contributed by atoms with Gasteiger partial charge in [-0.1, -0.05) is 12.1 Å². The average Bonchev–Trinajstić information content (AvgIpc) is 3.66. The molecule has 13 heteroatoms. The lowest BCUT2D eigenvalue weighted by Gasteiger charge is -2.35. The summed E-state index contributed by atoms with van der Waals surface area (Å²) in [5.74, 6) is -1.18. The third-order valence-electron chi connectivity index (χ3n) is 7.03. The minimum absolute atomic E-state index is 0.0192. The maximum Gasteiger partial charge on any atom is 0.416 e. The molecule has 1 aliphatic carbocycles. The summed E-state index contributed by atoms with van der Waals surface area (Å²) in [6.07, 6.45) is -2.39. The molecule has 2 aliphatic rings. The molecule has 2 aromatic rings. The van der Waals surface area contributed by atoms with E-state index in [1.165, 1.54) is 21.3 Å². The molecule has 0 aromatic heterocycles. The first kappa shape index (κ1) is 29.0. The first-order valence-electron chi connectivity index (χ1n) is 12.5. The highest BCUT2D eigenvalue weighted by atomic mass is 32.2. The number of amides is 2. The third-order valence-corrected chi connectivity index (χ3v) is 8.33. The molecule has 1 saturated heterocycles. The van der Waals surface area contributed by atoms with E-state index in [2.05, 4.69) is 10.6 Å². The van der Waals surface area contributed by atoms with Crippen LogP contribution in [0.2, 0.25) is 0 Å². The predicted octanol–water partition coefficient (Wildman–Crippen LogP) is 2.58. The van der Waals surface area contributed by atoms with Crippen molar-refractivity contribution in [2.45, 2.75) is 37.0 Å². The zero-order valence-electron chi connectivity index (χ0n) is 21.2. The summed E-state index contributed by atoms with van der Waals surface area (Å²) in [5, 5.41) is 5.99. The summed E-state index contributed by atoms with van der Waals surface area (Å²) in [6, 6.07) is 9.15. The van der Waals surface area contributed by atoms with Crippen molar-refractivity contribution in [3.05, 3.63) is 71.0 Å². The highest BCUT2D eigenvalue weighted by molar-refractivity contribution is 7.88. The summed E-state index contributed by atoms with van der Waals surface area (Å²) >= 11 is 0. The van der Waals surface area contributed by atoms with Gasteiger partial charge >= 0.3 is 6.18 Å². The molecule has 0 bridgehead atoms. The Bertz CT molecular complexity index is 1280. The fourth-order valence-corrected chi connectivity index (χ4v) is 5.51. The molecule has 1 saturated carbocycles. The number of benzene rings is 2. The van der Waals surface area contributed by atoms with Crippen LogP contribution in [0.15, 0.2) is 48.5 Å². The molecule has 2 amide bonds. The molecular weight excluding hydrogens is 540 g/mol. The van der Waals surface area contributed by atoms with Gasteiger partial charge in [0, 0.05) is 43.7 Å². The van der Waals surface area contributed by atoms with E-state index in [-0.39, 0.29) is 55.9 Å². The maximum absolute atomic E-state index is 13.3. The van der Waals surface area contributed by atoms with E-state index in [1.807, 2.05) is 0 Å². The van der Waals surface area contributed by atoms with Crippen molar-refractivity contribution in [3.63, 3.8) is 0 Å². The van der Waals surface area contributed by atoms with Crippen LogP contribution in [-0.2, 0) is 21.0 Å². The van der Waals surface area contributed by atoms with Crippen molar-refractivity contribution in [2.75, 3.05) is 39.0 Å². The van der Waals surface area contributed by atoms with Crippen molar-refractivity contribution in [1.82, 2.24) is 19.8 Å². The predicted molar refractivity (Wildman–Crippen MR) is 136 cm³/mol. The number of nitrogens with one attached hydrogen (secondary N) is 2. The number of carbonyl (C=O) groups is 2. The second kappa shape index (κ2) is 11.6. The SMILES string of the molecule is CS(=O)(=O)N1CCN(C(=O)[C@H](CCN[C@@H]2C[C@H]2c2ccc(F)cc2)NC(=O)c2ccc(C(F)(F)F)cc2)CC1. The van der Waals surface area contributed by atoms with Gasteiger partial charge in [-0.05, 0) is 61.3 Å². The van der Waals surface area contributed by atoms with Crippen LogP contribution in [0.3, 0.4) is 0 Å². The maximum atomic E-state index is 13.3. The number of halogens is 4. The Morgan fingerprint density at radius 2 is 1.62 bits per heavy atom. The number of sulfonamides is 1. The molecule has 1 heterocycles. The van der Waals surface area contributed by atoms with Crippen LogP contribution in [-0.4, -0.2) is 80.5 Å². The van der Waals surface area contributed by atoms with Gasteiger partial charge in [0.1, 0.15) is 11.9 Å². The Labute approximate surface area is 224 Å². The van der Waals surface area contributed by atoms with Crippen molar-refractivity contribution >= 4 is 21.8 Å². The van der Waals surface area contributed by atoms with Gasteiger partial charge in [0.2, 0.25) is 15.9 Å². The molecule has 212 valence electrons. The van der Waals surface area contributed by atoms with Gasteiger partial charge in [0.05, 0.1) is 11.8 Å². The normalized spacial score (nSPS) is 20.9. The van der Waals surface area contributed by atoms with Gasteiger partial charge in [-0.3, -0.25) is 9.59 Å². The monoisotopic (exact) mass is 570 g/mol. The molecule has 1 aliphatic heterocycles. The molecule has 4 rings (SSSR count).